The number of aliphatic hydroxyl groups is 1. The fraction of sp³-hybridized carbons (Fsp3) is 0.571. The van der Waals surface area contributed by atoms with Crippen LogP contribution >= 0.6 is 0 Å². The van der Waals surface area contributed by atoms with Crippen molar-refractivity contribution < 1.29 is 19.3 Å². The number of morpholine rings is 1. The third-order valence-electron chi connectivity index (χ3n) is 3.07. The molecule has 5 heteroatoms. The van der Waals surface area contributed by atoms with Crippen molar-refractivity contribution in [1.82, 2.24) is 4.90 Å². The van der Waals surface area contributed by atoms with Crippen LogP contribution in [0.1, 0.15) is 0 Å². The average Bonchev–Trinajstić information content (AvgIpc) is 2.46. The Morgan fingerprint density at radius 2 is 1.95 bits per heavy atom. The molecular formula is C14H21NO4. The van der Waals surface area contributed by atoms with Gasteiger partial charge in [-0.2, -0.15) is 0 Å². The summed E-state index contributed by atoms with van der Waals surface area (Å²) >= 11 is 0. The molecule has 2 rings (SSSR count). The van der Waals surface area contributed by atoms with Crippen LogP contribution in [0.2, 0.25) is 0 Å². The fourth-order valence-electron chi connectivity index (χ4n) is 2.06. The minimum atomic E-state index is -0.511. The molecule has 1 aromatic carbocycles. The molecular weight excluding hydrogens is 246 g/mol. The zero-order valence-electron chi connectivity index (χ0n) is 11.2. The highest BCUT2D eigenvalue weighted by atomic mass is 16.5. The molecule has 0 saturated carbocycles. The summed E-state index contributed by atoms with van der Waals surface area (Å²) in [7, 11) is 1.60. The molecule has 1 aromatic rings. The third kappa shape index (κ3) is 4.38. The number of nitrogens with zero attached hydrogens (tertiary/aromatic N) is 1. The molecule has 1 atom stereocenters. The Hall–Kier alpha value is -1.30. The molecule has 1 aliphatic heterocycles. The highest BCUT2D eigenvalue weighted by Crippen LogP contribution is 2.25. The second-order valence-electron chi connectivity index (χ2n) is 4.53. The Morgan fingerprint density at radius 1 is 1.26 bits per heavy atom. The Kier molecular flexibility index (Phi) is 5.44. The Labute approximate surface area is 113 Å². The molecule has 0 unspecified atom stereocenters. The third-order valence-corrected chi connectivity index (χ3v) is 3.07. The van der Waals surface area contributed by atoms with Gasteiger partial charge in [0.1, 0.15) is 12.7 Å². The summed E-state index contributed by atoms with van der Waals surface area (Å²) < 4.78 is 16.1. The molecule has 1 N–H and O–H groups in total. The molecule has 19 heavy (non-hydrogen) atoms. The van der Waals surface area contributed by atoms with E-state index >= 15 is 0 Å². The van der Waals surface area contributed by atoms with Crippen LogP contribution in [0.25, 0.3) is 0 Å². The number of aliphatic hydroxyl groups excluding tert-OH is 1. The first-order valence-corrected chi connectivity index (χ1v) is 6.53. The van der Waals surface area contributed by atoms with Crippen molar-refractivity contribution in [3.8, 4) is 11.5 Å². The molecule has 0 amide bonds. The zero-order chi connectivity index (χ0) is 13.5. The fourth-order valence-corrected chi connectivity index (χ4v) is 2.06. The predicted octanol–water partition coefficient (Wildman–Crippen LogP) is 0.767. The lowest BCUT2D eigenvalue weighted by Crippen LogP contribution is -2.42. The van der Waals surface area contributed by atoms with Gasteiger partial charge in [0, 0.05) is 19.6 Å². The van der Waals surface area contributed by atoms with Crippen LogP contribution in [0.15, 0.2) is 24.3 Å². The first-order chi connectivity index (χ1) is 9.29. The van der Waals surface area contributed by atoms with Gasteiger partial charge in [-0.1, -0.05) is 12.1 Å². The van der Waals surface area contributed by atoms with Crippen molar-refractivity contribution in [2.24, 2.45) is 0 Å². The van der Waals surface area contributed by atoms with Crippen LogP contribution < -0.4 is 9.47 Å². The number of benzene rings is 1. The van der Waals surface area contributed by atoms with Crippen molar-refractivity contribution >= 4 is 0 Å². The normalized spacial score (nSPS) is 18.0. The summed E-state index contributed by atoms with van der Waals surface area (Å²) in [6, 6.07) is 7.44. The monoisotopic (exact) mass is 267 g/mol. The van der Waals surface area contributed by atoms with Crippen molar-refractivity contribution in [3.05, 3.63) is 24.3 Å². The van der Waals surface area contributed by atoms with E-state index in [4.69, 9.17) is 14.2 Å². The highest BCUT2D eigenvalue weighted by Gasteiger charge is 2.15. The van der Waals surface area contributed by atoms with Crippen molar-refractivity contribution in [2.45, 2.75) is 6.10 Å². The van der Waals surface area contributed by atoms with E-state index in [1.807, 2.05) is 24.3 Å². The number of ether oxygens (including phenoxy) is 3. The quantitative estimate of drug-likeness (QED) is 0.825. The van der Waals surface area contributed by atoms with Crippen molar-refractivity contribution in [3.63, 3.8) is 0 Å². The van der Waals surface area contributed by atoms with E-state index < -0.39 is 6.10 Å². The molecule has 0 aromatic heterocycles. The van der Waals surface area contributed by atoms with E-state index in [2.05, 4.69) is 4.90 Å². The standard InChI is InChI=1S/C14H21NO4/c1-17-13-4-2-3-5-14(13)19-11-12(16)10-15-6-8-18-9-7-15/h2-5,12,16H,6-11H2,1H3/t12-/m0/s1. The molecule has 1 heterocycles. The molecule has 0 bridgehead atoms. The number of para-hydroxylation sites is 2. The summed E-state index contributed by atoms with van der Waals surface area (Å²) in [5.74, 6) is 1.34. The lowest BCUT2D eigenvalue weighted by molar-refractivity contribution is 0.00445. The zero-order valence-corrected chi connectivity index (χ0v) is 11.2. The van der Waals surface area contributed by atoms with Crippen molar-refractivity contribution in [1.29, 1.82) is 0 Å². The van der Waals surface area contributed by atoms with E-state index in [-0.39, 0.29) is 6.61 Å². The maximum absolute atomic E-state index is 9.98. The largest absolute Gasteiger partial charge is 0.493 e. The van der Waals surface area contributed by atoms with E-state index in [1.165, 1.54) is 0 Å². The van der Waals surface area contributed by atoms with Gasteiger partial charge < -0.3 is 19.3 Å². The van der Waals surface area contributed by atoms with Crippen LogP contribution in [0.5, 0.6) is 11.5 Å². The Balaban J connectivity index is 1.77. The van der Waals surface area contributed by atoms with E-state index in [1.54, 1.807) is 7.11 Å². The van der Waals surface area contributed by atoms with Gasteiger partial charge in [-0.3, -0.25) is 4.90 Å². The number of hydrogen-bond donors (Lipinski definition) is 1. The minimum absolute atomic E-state index is 0.262. The van der Waals surface area contributed by atoms with Gasteiger partial charge in [0.2, 0.25) is 0 Å². The number of methoxy groups -OCH3 is 1. The van der Waals surface area contributed by atoms with Crippen LogP contribution in [0, 0.1) is 0 Å². The number of β-amino-alcohol motifs (C(OH)–C–C–N with tert-alkyl or cyclic N) is 1. The smallest absolute Gasteiger partial charge is 0.161 e. The van der Waals surface area contributed by atoms with Crippen LogP contribution in [0.3, 0.4) is 0 Å². The number of hydrogen-bond acceptors (Lipinski definition) is 5. The Bertz CT molecular complexity index is 379. The molecule has 0 radical (unpaired) electrons. The van der Waals surface area contributed by atoms with Crippen LogP contribution in [-0.4, -0.2) is 62.7 Å². The molecule has 0 spiro atoms. The molecule has 1 saturated heterocycles. The van der Waals surface area contributed by atoms with Gasteiger partial charge in [-0.25, -0.2) is 0 Å². The van der Waals surface area contributed by atoms with E-state index in [9.17, 15) is 5.11 Å². The van der Waals surface area contributed by atoms with E-state index in [0.717, 1.165) is 26.3 Å². The van der Waals surface area contributed by atoms with E-state index in [0.29, 0.717) is 18.0 Å². The molecule has 1 aliphatic rings. The maximum Gasteiger partial charge on any atom is 0.161 e. The van der Waals surface area contributed by atoms with Gasteiger partial charge in [0.25, 0.3) is 0 Å². The summed E-state index contributed by atoms with van der Waals surface area (Å²) in [4.78, 5) is 2.18. The summed E-state index contributed by atoms with van der Waals surface area (Å²) in [5, 5.41) is 9.98. The van der Waals surface area contributed by atoms with Gasteiger partial charge in [-0.05, 0) is 12.1 Å². The summed E-state index contributed by atoms with van der Waals surface area (Å²) in [6.07, 6.45) is -0.511. The van der Waals surface area contributed by atoms with Gasteiger partial charge in [0.15, 0.2) is 11.5 Å². The second kappa shape index (κ2) is 7.33. The Morgan fingerprint density at radius 3 is 2.63 bits per heavy atom. The maximum atomic E-state index is 9.98. The molecule has 106 valence electrons. The average molecular weight is 267 g/mol. The topological polar surface area (TPSA) is 51.2 Å². The predicted molar refractivity (Wildman–Crippen MR) is 71.8 cm³/mol. The SMILES string of the molecule is COc1ccccc1OC[C@@H](O)CN1CCOCC1. The lowest BCUT2D eigenvalue weighted by atomic mass is 10.3. The highest BCUT2D eigenvalue weighted by molar-refractivity contribution is 5.39. The summed E-state index contributed by atoms with van der Waals surface area (Å²) in [5.41, 5.74) is 0. The first kappa shape index (κ1) is 14.1. The lowest BCUT2D eigenvalue weighted by Gasteiger charge is -2.28. The molecule has 1 fully saturated rings. The number of rotatable bonds is 6. The van der Waals surface area contributed by atoms with Crippen LogP contribution in [-0.2, 0) is 4.74 Å². The second-order valence-corrected chi connectivity index (χ2v) is 4.53. The van der Waals surface area contributed by atoms with Gasteiger partial charge in [-0.15, -0.1) is 0 Å². The molecule has 5 nitrogen and oxygen atoms in total. The first-order valence-electron chi connectivity index (χ1n) is 6.53. The molecule has 0 aliphatic carbocycles. The van der Waals surface area contributed by atoms with Gasteiger partial charge >= 0.3 is 0 Å². The van der Waals surface area contributed by atoms with Crippen LogP contribution in [0.4, 0.5) is 0 Å². The minimum Gasteiger partial charge on any atom is -0.493 e. The summed E-state index contributed by atoms with van der Waals surface area (Å²) in [6.45, 7) is 4.08. The van der Waals surface area contributed by atoms with Crippen molar-refractivity contribution in [2.75, 3.05) is 46.6 Å². The van der Waals surface area contributed by atoms with Gasteiger partial charge in [0.05, 0.1) is 20.3 Å².